The van der Waals surface area contributed by atoms with Gasteiger partial charge in [0.15, 0.2) is 0 Å². The molecule has 20 heavy (non-hydrogen) atoms. The fraction of sp³-hybridized carbons (Fsp3) is 0.733. The van der Waals surface area contributed by atoms with E-state index in [-0.39, 0.29) is 6.10 Å². The monoisotopic (exact) mass is 278 g/mol. The molecule has 2 rings (SSSR count). The Balaban J connectivity index is 2.05. The van der Waals surface area contributed by atoms with Crippen LogP contribution in [0.15, 0.2) is 6.33 Å². The van der Waals surface area contributed by atoms with E-state index in [1.165, 1.54) is 0 Å². The topological polar surface area (TPSA) is 70.1 Å². The van der Waals surface area contributed by atoms with Crippen molar-refractivity contribution in [3.8, 4) is 0 Å². The summed E-state index contributed by atoms with van der Waals surface area (Å²) in [5.74, 6) is 2.79. The highest BCUT2D eigenvalue weighted by Crippen LogP contribution is 2.31. The predicted molar refractivity (Wildman–Crippen MR) is 82.1 cm³/mol. The van der Waals surface area contributed by atoms with Crippen LogP contribution in [0, 0.1) is 5.92 Å². The summed E-state index contributed by atoms with van der Waals surface area (Å²) in [7, 11) is 0. The van der Waals surface area contributed by atoms with E-state index >= 15 is 0 Å². The van der Waals surface area contributed by atoms with E-state index in [9.17, 15) is 5.11 Å². The number of nitrogens with one attached hydrogen (secondary N) is 2. The van der Waals surface area contributed by atoms with Crippen LogP contribution in [0.5, 0.6) is 0 Å². The van der Waals surface area contributed by atoms with Gasteiger partial charge < -0.3 is 15.7 Å². The van der Waals surface area contributed by atoms with E-state index in [4.69, 9.17) is 0 Å². The summed E-state index contributed by atoms with van der Waals surface area (Å²) >= 11 is 0. The van der Waals surface area contributed by atoms with Crippen molar-refractivity contribution in [2.45, 2.75) is 52.1 Å². The second kappa shape index (κ2) is 6.88. The van der Waals surface area contributed by atoms with Gasteiger partial charge in [0.1, 0.15) is 18.0 Å². The summed E-state index contributed by atoms with van der Waals surface area (Å²) in [6.07, 6.45) is 4.39. The average Bonchev–Trinajstić information content (AvgIpc) is 2.39. The second-order valence-electron chi connectivity index (χ2n) is 5.94. The summed E-state index contributed by atoms with van der Waals surface area (Å²) in [6, 6.07) is 0. The molecule has 112 valence electrons. The zero-order valence-electron chi connectivity index (χ0n) is 12.7. The van der Waals surface area contributed by atoms with Gasteiger partial charge in [-0.15, -0.1) is 0 Å². The molecule has 1 aromatic rings. The molecule has 0 atom stereocenters. The molecule has 1 saturated carbocycles. The van der Waals surface area contributed by atoms with E-state index in [2.05, 4.69) is 41.4 Å². The first kappa shape index (κ1) is 15.0. The summed E-state index contributed by atoms with van der Waals surface area (Å²) < 4.78 is 0. The van der Waals surface area contributed by atoms with Gasteiger partial charge in [0.05, 0.1) is 6.10 Å². The number of hydrogen-bond donors (Lipinski definition) is 3. The molecule has 0 aromatic carbocycles. The number of rotatable bonds is 7. The van der Waals surface area contributed by atoms with Gasteiger partial charge in [0.2, 0.25) is 0 Å². The lowest BCUT2D eigenvalue weighted by Crippen LogP contribution is -2.33. The van der Waals surface area contributed by atoms with Crippen molar-refractivity contribution < 1.29 is 5.11 Å². The normalized spacial score (nSPS) is 21.6. The number of anilines is 2. The van der Waals surface area contributed by atoms with Crippen molar-refractivity contribution in [3.05, 3.63) is 11.9 Å². The maximum Gasteiger partial charge on any atom is 0.134 e. The molecule has 1 aliphatic rings. The quantitative estimate of drug-likeness (QED) is 0.715. The van der Waals surface area contributed by atoms with Crippen molar-refractivity contribution >= 4 is 11.6 Å². The summed E-state index contributed by atoms with van der Waals surface area (Å²) in [6.45, 7) is 8.26. The van der Waals surface area contributed by atoms with Gasteiger partial charge in [0, 0.05) is 18.7 Å². The molecule has 0 unspecified atom stereocenters. The van der Waals surface area contributed by atoms with E-state index in [0.29, 0.717) is 11.8 Å². The lowest BCUT2D eigenvalue weighted by Gasteiger charge is -2.32. The molecule has 5 nitrogen and oxygen atoms in total. The third-order valence-corrected chi connectivity index (χ3v) is 3.77. The third kappa shape index (κ3) is 3.60. The summed E-state index contributed by atoms with van der Waals surface area (Å²) in [5, 5.41) is 16.1. The van der Waals surface area contributed by atoms with Gasteiger partial charge in [-0.2, -0.15) is 0 Å². The molecule has 0 radical (unpaired) electrons. The Labute approximate surface area is 121 Å². The molecule has 0 spiro atoms. The SMILES string of the molecule is CCCNc1ncnc(NCC2CC(O)C2)c1C(C)C. The lowest BCUT2D eigenvalue weighted by atomic mass is 9.82. The number of aliphatic hydroxyl groups is 1. The summed E-state index contributed by atoms with van der Waals surface area (Å²) in [5.41, 5.74) is 1.15. The first-order valence-corrected chi connectivity index (χ1v) is 7.62. The Morgan fingerprint density at radius 2 is 1.90 bits per heavy atom. The van der Waals surface area contributed by atoms with Crippen molar-refractivity contribution in [3.63, 3.8) is 0 Å². The zero-order valence-corrected chi connectivity index (χ0v) is 12.7. The van der Waals surface area contributed by atoms with Crippen LogP contribution in [-0.2, 0) is 0 Å². The minimum absolute atomic E-state index is 0.0986. The smallest absolute Gasteiger partial charge is 0.134 e. The molecular weight excluding hydrogens is 252 g/mol. The van der Waals surface area contributed by atoms with Gasteiger partial charge in [-0.1, -0.05) is 20.8 Å². The molecule has 3 N–H and O–H groups in total. The average molecular weight is 278 g/mol. The van der Waals surface area contributed by atoms with Crippen molar-refractivity contribution in [1.82, 2.24) is 9.97 Å². The third-order valence-electron chi connectivity index (χ3n) is 3.77. The first-order valence-electron chi connectivity index (χ1n) is 7.62. The fourth-order valence-corrected chi connectivity index (χ4v) is 2.58. The number of aromatic nitrogens is 2. The number of aliphatic hydroxyl groups excluding tert-OH is 1. The Hall–Kier alpha value is -1.36. The van der Waals surface area contributed by atoms with E-state index < -0.39 is 0 Å². The molecule has 0 amide bonds. The second-order valence-corrected chi connectivity index (χ2v) is 5.94. The predicted octanol–water partition coefficient (Wildman–Crippen LogP) is 2.60. The van der Waals surface area contributed by atoms with Crippen molar-refractivity contribution in [2.24, 2.45) is 5.92 Å². The molecule has 0 aliphatic heterocycles. The minimum atomic E-state index is -0.0986. The van der Waals surface area contributed by atoms with Gasteiger partial charge in [0.25, 0.3) is 0 Å². The molecule has 0 saturated heterocycles. The van der Waals surface area contributed by atoms with Crippen LogP contribution in [0.4, 0.5) is 11.6 Å². The van der Waals surface area contributed by atoms with Gasteiger partial charge >= 0.3 is 0 Å². The van der Waals surface area contributed by atoms with Gasteiger partial charge in [-0.25, -0.2) is 9.97 Å². The van der Waals surface area contributed by atoms with Crippen LogP contribution >= 0.6 is 0 Å². The van der Waals surface area contributed by atoms with Gasteiger partial charge in [-0.05, 0) is 31.1 Å². The van der Waals surface area contributed by atoms with Gasteiger partial charge in [-0.3, -0.25) is 0 Å². The van der Waals surface area contributed by atoms with Crippen LogP contribution in [0.25, 0.3) is 0 Å². The van der Waals surface area contributed by atoms with Crippen molar-refractivity contribution in [2.75, 3.05) is 23.7 Å². The largest absolute Gasteiger partial charge is 0.393 e. The Bertz CT molecular complexity index is 430. The molecule has 5 heteroatoms. The number of hydrogen-bond acceptors (Lipinski definition) is 5. The maximum absolute atomic E-state index is 9.34. The molecule has 0 bridgehead atoms. The Kier molecular flexibility index (Phi) is 5.17. The fourth-order valence-electron chi connectivity index (χ4n) is 2.58. The van der Waals surface area contributed by atoms with Crippen LogP contribution in [0.2, 0.25) is 0 Å². The van der Waals surface area contributed by atoms with Crippen LogP contribution in [0.3, 0.4) is 0 Å². The highest BCUT2D eigenvalue weighted by molar-refractivity contribution is 5.59. The standard InChI is InChI=1S/C15H26N4O/c1-4-5-16-14-13(10(2)3)15(19-9-18-14)17-8-11-6-12(20)7-11/h9-12,20H,4-8H2,1-3H3,(H2,16,17,18,19). The van der Waals surface area contributed by atoms with E-state index in [1.807, 2.05) is 0 Å². The van der Waals surface area contributed by atoms with Crippen molar-refractivity contribution in [1.29, 1.82) is 0 Å². The molecular formula is C15H26N4O. The molecule has 1 aromatic heterocycles. The molecule has 1 fully saturated rings. The highest BCUT2D eigenvalue weighted by Gasteiger charge is 2.27. The van der Waals surface area contributed by atoms with E-state index in [1.54, 1.807) is 6.33 Å². The molecule has 1 heterocycles. The maximum atomic E-state index is 9.34. The Morgan fingerprint density at radius 3 is 2.45 bits per heavy atom. The van der Waals surface area contributed by atoms with Crippen LogP contribution in [0.1, 0.15) is 51.5 Å². The molecule has 1 aliphatic carbocycles. The van der Waals surface area contributed by atoms with E-state index in [0.717, 1.165) is 49.6 Å². The van der Waals surface area contributed by atoms with Crippen LogP contribution in [-0.4, -0.2) is 34.3 Å². The zero-order chi connectivity index (χ0) is 14.5. The first-order chi connectivity index (χ1) is 9.61. The lowest BCUT2D eigenvalue weighted by molar-refractivity contribution is 0.0486. The Morgan fingerprint density at radius 1 is 1.25 bits per heavy atom. The summed E-state index contributed by atoms with van der Waals surface area (Å²) in [4.78, 5) is 8.76. The van der Waals surface area contributed by atoms with Crippen LogP contribution < -0.4 is 10.6 Å². The number of nitrogens with zero attached hydrogens (tertiary/aromatic N) is 2. The minimum Gasteiger partial charge on any atom is -0.393 e. The highest BCUT2D eigenvalue weighted by atomic mass is 16.3.